The molecule has 0 spiro atoms. The lowest BCUT2D eigenvalue weighted by Gasteiger charge is -2.57. The van der Waals surface area contributed by atoms with E-state index in [1.54, 1.807) is 14.0 Å². The van der Waals surface area contributed by atoms with Crippen molar-refractivity contribution in [1.29, 1.82) is 0 Å². The molecule has 0 saturated heterocycles. The van der Waals surface area contributed by atoms with Gasteiger partial charge in [0.1, 0.15) is 5.57 Å². The first-order valence-electron chi connectivity index (χ1n) is 8.08. The number of hydrogen-bond acceptors (Lipinski definition) is 5. The molecule has 22 heavy (non-hydrogen) atoms. The third kappa shape index (κ3) is 2.35. The summed E-state index contributed by atoms with van der Waals surface area (Å²) in [5.41, 5.74) is 1.05. The normalized spacial score (nSPS) is 35.4. The van der Waals surface area contributed by atoms with Crippen LogP contribution in [-0.4, -0.2) is 38.4 Å². The van der Waals surface area contributed by atoms with Gasteiger partial charge in [0, 0.05) is 7.11 Å². The Morgan fingerprint density at radius 2 is 1.73 bits per heavy atom. The largest absolute Gasteiger partial charge is 0.465 e. The van der Waals surface area contributed by atoms with Gasteiger partial charge in [0.2, 0.25) is 0 Å². The first-order chi connectivity index (χ1) is 10.5. The van der Waals surface area contributed by atoms with Crippen molar-refractivity contribution in [1.82, 2.24) is 0 Å². The van der Waals surface area contributed by atoms with Gasteiger partial charge in [-0.15, -0.1) is 0 Å². The minimum absolute atomic E-state index is 0.0596. The number of hydrogen-bond donors (Lipinski definition) is 0. The van der Waals surface area contributed by atoms with Crippen LogP contribution in [0.1, 0.15) is 39.0 Å². The van der Waals surface area contributed by atoms with Gasteiger partial charge in [-0.1, -0.05) is 0 Å². The SMILES string of the molecule is CCOC(=O)C(C(=O)OC)=C1C2CC3CC1CC(OC)(C3)C2. The van der Waals surface area contributed by atoms with Crippen LogP contribution in [0.3, 0.4) is 0 Å². The van der Waals surface area contributed by atoms with Gasteiger partial charge in [0.15, 0.2) is 0 Å². The van der Waals surface area contributed by atoms with Crippen LogP contribution in [0.5, 0.6) is 0 Å². The molecule has 5 nitrogen and oxygen atoms in total. The second-order valence-electron chi connectivity index (χ2n) is 6.77. The Kier molecular flexibility index (Phi) is 4.02. The summed E-state index contributed by atoms with van der Waals surface area (Å²) in [5, 5.41) is 0. The Labute approximate surface area is 131 Å². The highest BCUT2D eigenvalue weighted by Gasteiger charge is 2.55. The maximum atomic E-state index is 12.3. The van der Waals surface area contributed by atoms with Crippen molar-refractivity contribution in [3.05, 3.63) is 11.1 Å². The van der Waals surface area contributed by atoms with Crippen molar-refractivity contribution in [2.45, 2.75) is 44.6 Å². The second-order valence-corrected chi connectivity index (χ2v) is 6.77. The molecule has 0 N–H and O–H groups in total. The van der Waals surface area contributed by atoms with E-state index < -0.39 is 11.9 Å². The monoisotopic (exact) mass is 308 g/mol. The summed E-state index contributed by atoms with van der Waals surface area (Å²) < 4.78 is 15.8. The summed E-state index contributed by atoms with van der Waals surface area (Å²) >= 11 is 0. The molecule has 4 rings (SSSR count). The Morgan fingerprint density at radius 3 is 2.23 bits per heavy atom. The fraction of sp³-hybridized carbons (Fsp3) is 0.765. The molecular formula is C17H24O5. The van der Waals surface area contributed by atoms with Crippen molar-refractivity contribution in [3.63, 3.8) is 0 Å². The molecule has 4 saturated carbocycles. The maximum Gasteiger partial charge on any atom is 0.345 e. The number of methoxy groups -OCH3 is 2. The van der Waals surface area contributed by atoms with Crippen LogP contribution in [0.4, 0.5) is 0 Å². The molecule has 0 aromatic heterocycles. The van der Waals surface area contributed by atoms with E-state index in [2.05, 4.69) is 0 Å². The molecule has 5 heteroatoms. The van der Waals surface area contributed by atoms with Gasteiger partial charge in [-0.3, -0.25) is 0 Å². The lowest BCUT2D eigenvalue weighted by molar-refractivity contribution is -0.147. The minimum atomic E-state index is -0.563. The van der Waals surface area contributed by atoms with E-state index in [0.29, 0.717) is 5.92 Å². The van der Waals surface area contributed by atoms with Gasteiger partial charge in [-0.25, -0.2) is 9.59 Å². The van der Waals surface area contributed by atoms with Crippen LogP contribution < -0.4 is 0 Å². The predicted molar refractivity (Wildman–Crippen MR) is 79.0 cm³/mol. The second kappa shape index (κ2) is 5.69. The van der Waals surface area contributed by atoms with E-state index >= 15 is 0 Å². The Bertz CT molecular complexity index is 503. The molecule has 4 fully saturated rings. The van der Waals surface area contributed by atoms with Crippen LogP contribution in [0.25, 0.3) is 0 Å². The quantitative estimate of drug-likeness (QED) is 0.345. The lowest BCUT2D eigenvalue weighted by Crippen LogP contribution is -2.53. The van der Waals surface area contributed by atoms with E-state index in [4.69, 9.17) is 14.2 Å². The zero-order chi connectivity index (χ0) is 15.9. The van der Waals surface area contributed by atoms with E-state index in [9.17, 15) is 9.59 Å². The van der Waals surface area contributed by atoms with Crippen molar-refractivity contribution < 1.29 is 23.8 Å². The molecule has 0 amide bonds. The average molecular weight is 308 g/mol. The molecule has 0 aromatic carbocycles. The van der Waals surface area contributed by atoms with Crippen LogP contribution in [-0.2, 0) is 23.8 Å². The molecule has 4 bridgehead atoms. The van der Waals surface area contributed by atoms with Gasteiger partial charge < -0.3 is 14.2 Å². The lowest BCUT2D eigenvalue weighted by atomic mass is 9.51. The molecule has 0 aliphatic heterocycles. The van der Waals surface area contributed by atoms with Gasteiger partial charge in [-0.05, 0) is 62.4 Å². The standard InChI is InChI=1S/C17H24O5/c1-4-22-16(19)14(15(18)20-2)13-11-5-10-6-12(13)9-17(7-10,8-11)21-3/h10-12H,4-9H2,1-3H3. The molecular weight excluding hydrogens is 284 g/mol. The van der Waals surface area contributed by atoms with E-state index in [0.717, 1.165) is 37.7 Å². The first-order valence-corrected chi connectivity index (χ1v) is 8.08. The molecule has 4 aliphatic rings. The Hall–Kier alpha value is -1.36. The van der Waals surface area contributed by atoms with E-state index in [1.807, 2.05) is 0 Å². The van der Waals surface area contributed by atoms with Crippen molar-refractivity contribution in [3.8, 4) is 0 Å². The summed E-state index contributed by atoms with van der Waals surface area (Å²) in [6.45, 7) is 2.00. The zero-order valence-corrected chi connectivity index (χ0v) is 13.5. The number of carbonyl (C=O) groups is 2. The fourth-order valence-electron chi connectivity index (χ4n) is 5.00. The van der Waals surface area contributed by atoms with Gasteiger partial charge in [0.05, 0.1) is 19.3 Å². The molecule has 2 unspecified atom stereocenters. The van der Waals surface area contributed by atoms with Gasteiger partial charge in [-0.2, -0.15) is 0 Å². The van der Waals surface area contributed by atoms with Gasteiger partial charge in [0.25, 0.3) is 0 Å². The molecule has 0 heterocycles. The third-order valence-electron chi connectivity index (χ3n) is 5.60. The van der Waals surface area contributed by atoms with Crippen molar-refractivity contribution >= 4 is 11.9 Å². The maximum absolute atomic E-state index is 12.3. The predicted octanol–water partition coefficient (Wildman–Crippen LogP) is 2.24. The summed E-state index contributed by atoms with van der Waals surface area (Å²) in [6, 6.07) is 0. The van der Waals surface area contributed by atoms with Gasteiger partial charge >= 0.3 is 11.9 Å². The van der Waals surface area contributed by atoms with Crippen LogP contribution >= 0.6 is 0 Å². The molecule has 4 aliphatic carbocycles. The number of allylic oxidation sites excluding steroid dienone is 1. The Balaban J connectivity index is 2.01. The molecule has 0 radical (unpaired) electrons. The van der Waals surface area contributed by atoms with Crippen LogP contribution in [0, 0.1) is 17.8 Å². The van der Waals surface area contributed by atoms with Crippen LogP contribution in [0.2, 0.25) is 0 Å². The van der Waals surface area contributed by atoms with Crippen LogP contribution in [0.15, 0.2) is 11.1 Å². The highest BCUT2D eigenvalue weighted by molar-refractivity contribution is 6.15. The average Bonchev–Trinajstić information content (AvgIpc) is 2.49. The summed E-state index contributed by atoms with van der Waals surface area (Å²) in [4.78, 5) is 24.5. The highest BCUT2D eigenvalue weighted by atomic mass is 16.5. The van der Waals surface area contributed by atoms with E-state index in [-0.39, 0.29) is 29.6 Å². The zero-order valence-electron chi connectivity index (χ0n) is 13.5. The summed E-state index contributed by atoms with van der Waals surface area (Å²) in [5.74, 6) is 0.0207. The number of esters is 2. The third-order valence-corrected chi connectivity index (χ3v) is 5.60. The molecule has 2 atom stereocenters. The first kappa shape index (κ1) is 15.5. The highest BCUT2D eigenvalue weighted by Crippen LogP contribution is 2.60. The number of rotatable bonds is 4. The number of carbonyl (C=O) groups excluding carboxylic acids is 2. The molecule has 0 aromatic rings. The van der Waals surface area contributed by atoms with E-state index in [1.165, 1.54) is 7.11 Å². The summed E-state index contributed by atoms with van der Waals surface area (Å²) in [7, 11) is 3.10. The fourth-order valence-corrected chi connectivity index (χ4v) is 5.00. The van der Waals surface area contributed by atoms with Crippen molar-refractivity contribution in [2.24, 2.45) is 17.8 Å². The molecule has 122 valence electrons. The topological polar surface area (TPSA) is 61.8 Å². The number of ether oxygens (including phenoxy) is 3. The minimum Gasteiger partial charge on any atom is -0.465 e. The Morgan fingerprint density at radius 1 is 1.09 bits per heavy atom. The van der Waals surface area contributed by atoms with Crippen molar-refractivity contribution in [2.75, 3.05) is 20.8 Å². The smallest absolute Gasteiger partial charge is 0.345 e. The summed E-state index contributed by atoms with van der Waals surface area (Å²) in [6.07, 6.45) is 4.97.